The molecule has 0 spiro atoms. The van der Waals surface area contributed by atoms with Gasteiger partial charge in [-0.25, -0.2) is 0 Å². The van der Waals surface area contributed by atoms with E-state index in [0.717, 1.165) is 38.5 Å². The van der Waals surface area contributed by atoms with Gasteiger partial charge in [-0.2, -0.15) is 0 Å². The molecule has 1 aliphatic heterocycles. The van der Waals surface area contributed by atoms with E-state index in [1.807, 2.05) is 0 Å². The molecular formula is C48H95NO8. The molecule has 57 heavy (non-hydrogen) atoms. The van der Waals surface area contributed by atoms with E-state index < -0.39 is 49.5 Å². The van der Waals surface area contributed by atoms with Gasteiger partial charge in [0.05, 0.1) is 25.4 Å². The molecule has 7 atom stereocenters. The number of carbonyl (C=O) groups is 1. The second kappa shape index (κ2) is 39.3. The molecule has 1 rings (SSSR count). The molecular weight excluding hydrogens is 719 g/mol. The maximum Gasteiger partial charge on any atom is 0.220 e. The lowest BCUT2D eigenvalue weighted by atomic mass is 9.99. The van der Waals surface area contributed by atoms with E-state index in [1.165, 1.54) is 180 Å². The van der Waals surface area contributed by atoms with Crippen molar-refractivity contribution in [1.82, 2.24) is 5.32 Å². The molecule has 1 heterocycles. The summed E-state index contributed by atoms with van der Waals surface area (Å²) in [6.07, 6.45) is 36.8. The summed E-state index contributed by atoms with van der Waals surface area (Å²) in [5.41, 5.74) is 0. The molecule has 0 aromatic rings. The fourth-order valence-electron chi connectivity index (χ4n) is 8.22. The summed E-state index contributed by atoms with van der Waals surface area (Å²) in [5, 5.41) is 54.4. The number of hydrogen-bond acceptors (Lipinski definition) is 8. The minimum Gasteiger partial charge on any atom is -0.394 e. The number of hydrogen-bond donors (Lipinski definition) is 6. The Morgan fingerprint density at radius 2 is 0.877 bits per heavy atom. The van der Waals surface area contributed by atoms with E-state index in [1.54, 1.807) is 0 Å². The number of amides is 1. The Hall–Kier alpha value is -0.810. The first-order chi connectivity index (χ1) is 27.8. The Balaban J connectivity index is 2.27. The van der Waals surface area contributed by atoms with Gasteiger partial charge in [-0.3, -0.25) is 4.79 Å². The first-order valence-corrected chi connectivity index (χ1v) is 24.7. The molecule has 2 unspecified atom stereocenters. The van der Waals surface area contributed by atoms with Crippen molar-refractivity contribution in [3.8, 4) is 0 Å². The number of nitrogens with one attached hydrogen (secondary N) is 1. The summed E-state index contributed by atoms with van der Waals surface area (Å²) in [7, 11) is 0. The van der Waals surface area contributed by atoms with Crippen molar-refractivity contribution in [3.05, 3.63) is 0 Å². The van der Waals surface area contributed by atoms with Crippen molar-refractivity contribution < 1.29 is 39.8 Å². The Morgan fingerprint density at radius 1 is 0.526 bits per heavy atom. The minimum absolute atomic E-state index is 0.131. The van der Waals surface area contributed by atoms with Crippen molar-refractivity contribution in [1.29, 1.82) is 0 Å². The largest absolute Gasteiger partial charge is 0.394 e. The Labute approximate surface area is 351 Å². The molecule has 1 aliphatic rings. The van der Waals surface area contributed by atoms with E-state index in [4.69, 9.17) is 9.47 Å². The van der Waals surface area contributed by atoms with Crippen LogP contribution in [0.5, 0.6) is 0 Å². The van der Waals surface area contributed by atoms with Crippen molar-refractivity contribution in [2.75, 3.05) is 13.2 Å². The van der Waals surface area contributed by atoms with Gasteiger partial charge >= 0.3 is 0 Å². The lowest BCUT2D eigenvalue weighted by Crippen LogP contribution is -2.60. The van der Waals surface area contributed by atoms with Crippen LogP contribution in [0.3, 0.4) is 0 Å². The number of ether oxygens (including phenoxy) is 2. The molecule has 0 saturated carbocycles. The zero-order valence-electron chi connectivity index (χ0n) is 37.4. The molecule has 1 saturated heterocycles. The molecule has 1 amide bonds. The van der Waals surface area contributed by atoms with Crippen LogP contribution in [0.25, 0.3) is 0 Å². The smallest absolute Gasteiger partial charge is 0.220 e. The standard InChI is InChI=1S/C48H95NO8/c1-3-5-7-9-11-13-15-17-19-20-21-22-24-26-28-30-32-34-36-38-44(52)49-41(40-56-48-47(55)46(54)45(53)43(39-50)57-48)42(51)37-35-33-31-29-27-25-23-18-16-14-12-10-8-6-4-2/h41-43,45-48,50-51,53-55H,3-40H2,1-2H3,(H,49,52)/t41-,42+,43-,45-,46?,47?,48-/m0/s1. The molecule has 9 nitrogen and oxygen atoms in total. The van der Waals surface area contributed by atoms with Crippen molar-refractivity contribution in [2.45, 2.75) is 288 Å². The van der Waals surface area contributed by atoms with Gasteiger partial charge in [0.2, 0.25) is 5.91 Å². The average Bonchev–Trinajstić information content (AvgIpc) is 3.21. The fourth-order valence-corrected chi connectivity index (χ4v) is 8.22. The number of carbonyl (C=O) groups excluding carboxylic acids is 1. The highest BCUT2D eigenvalue weighted by atomic mass is 16.7. The molecule has 1 fully saturated rings. The van der Waals surface area contributed by atoms with Crippen LogP contribution in [-0.4, -0.2) is 87.5 Å². The molecule has 0 aromatic carbocycles. The summed E-state index contributed by atoms with van der Waals surface area (Å²) in [4.78, 5) is 13.0. The minimum atomic E-state index is -1.55. The first-order valence-electron chi connectivity index (χ1n) is 24.7. The van der Waals surface area contributed by atoms with E-state index in [2.05, 4.69) is 19.2 Å². The predicted octanol–water partition coefficient (Wildman–Crippen LogP) is 10.7. The highest BCUT2D eigenvalue weighted by Gasteiger charge is 2.44. The normalized spacial score (nSPS) is 20.9. The summed E-state index contributed by atoms with van der Waals surface area (Å²) in [6.45, 7) is 3.86. The zero-order chi connectivity index (χ0) is 41.6. The van der Waals surface area contributed by atoms with Crippen LogP contribution >= 0.6 is 0 Å². The highest BCUT2D eigenvalue weighted by Crippen LogP contribution is 2.23. The van der Waals surface area contributed by atoms with Crippen LogP contribution in [0.15, 0.2) is 0 Å². The summed E-state index contributed by atoms with van der Waals surface area (Å²) in [5.74, 6) is -0.139. The van der Waals surface area contributed by atoms with Crippen LogP contribution in [0.4, 0.5) is 0 Å². The quantitative estimate of drug-likeness (QED) is 0.0334. The van der Waals surface area contributed by atoms with E-state index in [0.29, 0.717) is 12.8 Å². The van der Waals surface area contributed by atoms with Crippen molar-refractivity contribution >= 4 is 5.91 Å². The number of aliphatic hydroxyl groups excluding tert-OH is 5. The lowest BCUT2D eigenvalue weighted by Gasteiger charge is -2.40. The fraction of sp³-hybridized carbons (Fsp3) is 0.979. The maximum atomic E-state index is 13.0. The van der Waals surface area contributed by atoms with Crippen molar-refractivity contribution in [2.24, 2.45) is 0 Å². The second-order valence-electron chi connectivity index (χ2n) is 17.6. The van der Waals surface area contributed by atoms with Gasteiger partial charge in [0.15, 0.2) is 6.29 Å². The lowest BCUT2D eigenvalue weighted by molar-refractivity contribution is -0.302. The molecule has 0 aromatic heterocycles. The van der Waals surface area contributed by atoms with Crippen LogP contribution in [0.1, 0.15) is 245 Å². The molecule has 340 valence electrons. The highest BCUT2D eigenvalue weighted by molar-refractivity contribution is 5.76. The SMILES string of the molecule is CCCCCCCCCCCCCCCCCCCCCC(=O)N[C@@H](CO[C@H]1O[C@@H](CO)[C@H](O)C(O)C1O)[C@H](O)CCCCCCCCCCCCCCCCC. The van der Waals surface area contributed by atoms with Gasteiger partial charge in [0.1, 0.15) is 24.4 Å². The predicted molar refractivity (Wildman–Crippen MR) is 235 cm³/mol. The number of rotatable bonds is 42. The zero-order valence-corrected chi connectivity index (χ0v) is 37.4. The van der Waals surface area contributed by atoms with Gasteiger partial charge in [0.25, 0.3) is 0 Å². The Bertz CT molecular complexity index is 862. The van der Waals surface area contributed by atoms with Crippen LogP contribution < -0.4 is 5.32 Å². The average molecular weight is 814 g/mol. The summed E-state index contributed by atoms with van der Waals surface area (Å²) < 4.78 is 11.3. The third-order valence-electron chi connectivity index (χ3n) is 12.2. The van der Waals surface area contributed by atoms with E-state index in [9.17, 15) is 30.3 Å². The van der Waals surface area contributed by atoms with Gasteiger partial charge in [-0.1, -0.05) is 226 Å². The van der Waals surface area contributed by atoms with E-state index in [-0.39, 0.29) is 12.5 Å². The van der Waals surface area contributed by atoms with Crippen molar-refractivity contribution in [3.63, 3.8) is 0 Å². The maximum absolute atomic E-state index is 13.0. The third kappa shape index (κ3) is 30.0. The topological polar surface area (TPSA) is 149 Å². The third-order valence-corrected chi connectivity index (χ3v) is 12.2. The Kier molecular flexibility index (Phi) is 37.4. The molecule has 0 bridgehead atoms. The van der Waals surface area contributed by atoms with Crippen LogP contribution in [0.2, 0.25) is 0 Å². The second-order valence-corrected chi connectivity index (χ2v) is 17.6. The van der Waals surface area contributed by atoms with Gasteiger partial charge in [0, 0.05) is 6.42 Å². The Morgan fingerprint density at radius 3 is 1.25 bits per heavy atom. The summed E-state index contributed by atoms with van der Waals surface area (Å²) in [6, 6.07) is -0.711. The molecule has 9 heteroatoms. The van der Waals surface area contributed by atoms with Gasteiger partial charge < -0.3 is 40.3 Å². The molecule has 6 N–H and O–H groups in total. The molecule has 0 radical (unpaired) electrons. The van der Waals surface area contributed by atoms with E-state index >= 15 is 0 Å². The number of unbranched alkanes of at least 4 members (excludes halogenated alkanes) is 32. The van der Waals surface area contributed by atoms with Crippen LogP contribution in [-0.2, 0) is 14.3 Å². The molecule has 0 aliphatic carbocycles. The van der Waals surface area contributed by atoms with Gasteiger partial charge in [-0.05, 0) is 12.8 Å². The summed E-state index contributed by atoms with van der Waals surface area (Å²) >= 11 is 0. The van der Waals surface area contributed by atoms with Gasteiger partial charge in [-0.15, -0.1) is 0 Å². The monoisotopic (exact) mass is 814 g/mol. The first kappa shape index (κ1) is 54.2. The number of aliphatic hydroxyl groups is 5. The van der Waals surface area contributed by atoms with Crippen LogP contribution in [0, 0.1) is 0 Å².